The van der Waals surface area contributed by atoms with Gasteiger partial charge in [-0.2, -0.15) is 0 Å². The van der Waals surface area contributed by atoms with Gasteiger partial charge in [0.1, 0.15) is 18.0 Å². The Labute approximate surface area is 156 Å². The first-order valence-corrected chi connectivity index (χ1v) is 8.99. The molecule has 2 N–H and O–H groups in total. The van der Waals surface area contributed by atoms with Crippen molar-refractivity contribution in [3.05, 3.63) is 34.9 Å². The molecule has 0 aromatic heterocycles. The fourth-order valence-electron chi connectivity index (χ4n) is 3.01. The number of hydrogen-bond acceptors (Lipinski definition) is 5. The standard InChI is InChI=1S/C21H31NO4/c1-12(25-13(2)23)18-11-17(22-26-18)14-9-15(20(3,4)5)19(24)16(10-14)21(6,7)8/h9-12,18,22,24H,1-8H3. The van der Waals surface area contributed by atoms with Crippen molar-refractivity contribution in [2.75, 3.05) is 0 Å². The van der Waals surface area contributed by atoms with Crippen LogP contribution in [0.15, 0.2) is 18.2 Å². The van der Waals surface area contributed by atoms with E-state index in [0.29, 0.717) is 5.75 Å². The number of phenolic OH excluding ortho intramolecular Hbond substituents is 1. The van der Waals surface area contributed by atoms with Crippen molar-refractivity contribution in [1.82, 2.24) is 5.48 Å². The molecule has 1 aromatic rings. The van der Waals surface area contributed by atoms with Gasteiger partial charge in [0.15, 0.2) is 0 Å². The van der Waals surface area contributed by atoms with Crippen LogP contribution in [0.4, 0.5) is 0 Å². The van der Waals surface area contributed by atoms with Crippen LogP contribution in [0.2, 0.25) is 0 Å². The third-order valence-electron chi connectivity index (χ3n) is 4.49. The van der Waals surface area contributed by atoms with Gasteiger partial charge < -0.3 is 9.84 Å². The minimum absolute atomic E-state index is 0.204. The van der Waals surface area contributed by atoms with Crippen LogP contribution >= 0.6 is 0 Å². The first kappa shape index (κ1) is 20.3. The lowest BCUT2D eigenvalue weighted by Crippen LogP contribution is -2.28. The molecule has 0 bridgehead atoms. The largest absolute Gasteiger partial charge is 0.507 e. The molecule has 2 unspecified atom stereocenters. The molecule has 1 aliphatic rings. The Hall–Kier alpha value is -2.01. The van der Waals surface area contributed by atoms with Gasteiger partial charge in [0.25, 0.3) is 0 Å². The zero-order valence-electron chi connectivity index (χ0n) is 17.1. The fraction of sp³-hybridized carbons (Fsp3) is 0.571. The van der Waals surface area contributed by atoms with Gasteiger partial charge in [-0.15, -0.1) is 0 Å². The van der Waals surface area contributed by atoms with Crippen molar-refractivity contribution in [3.63, 3.8) is 0 Å². The summed E-state index contributed by atoms with van der Waals surface area (Å²) in [6.07, 6.45) is 1.16. The van der Waals surface area contributed by atoms with E-state index in [9.17, 15) is 9.90 Å². The molecule has 0 saturated heterocycles. The molecule has 0 aliphatic carbocycles. The summed E-state index contributed by atoms with van der Waals surface area (Å²) in [6, 6.07) is 3.98. The van der Waals surface area contributed by atoms with E-state index in [1.54, 1.807) is 6.92 Å². The number of carbonyl (C=O) groups excluding carboxylic acids is 1. The van der Waals surface area contributed by atoms with Crippen LogP contribution in [-0.2, 0) is 25.2 Å². The van der Waals surface area contributed by atoms with Gasteiger partial charge in [-0.25, -0.2) is 0 Å². The zero-order chi connectivity index (χ0) is 19.9. The molecule has 1 aromatic carbocycles. The number of rotatable bonds is 3. The molecule has 0 saturated carbocycles. The number of nitrogens with one attached hydrogen (secondary N) is 1. The maximum atomic E-state index is 11.2. The second kappa shape index (κ2) is 6.95. The highest BCUT2D eigenvalue weighted by Gasteiger charge is 2.30. The van der Waals surface area contributed by atoms with Gasteiger partial charge >= 0.3 is 5.97 Å². The molecular weight excluding hydrogens is 330 g/mol. The van der Waals surface area contributed by atoms with Crippen LogP contribution in [0.3, 0.4) is 0 Å². The second-order valence-electron chi connectivity index (χ2n) is 9.00. The van der Waals surface area contributed by atoms with E-state index < -0.39 is 6.10 Å². The summed E-state index contributed by atoms with van der Waals surface area (Å²) < 4.78 is 5.20. The Bertz CT molecular complexity index is 688. The highest BCUT2D eigenvalue weighted by molar-refractivity contribution is 5.69. The SMILES string of the molecule is CC(=O)OC(C)C1C=C(c2cc(C(C)(C)C)c(O)c(C(C)(C)C)c2)NO1. The molecule has 2 rings (SSSR count). The minimum Gasteiger partial charge on any atom is -0.507 e. The highest BCUT2D eigenvalue weighted by atomic mass is 16.7. The van der Waals surface area contributed by atoms with Crippen LogP contribution in [0.5, 0.6) is 5.75 Å². The Kier molecular flexibility index (Phi) is 5.43. The lowest BCUT2D eigenvalue weighted by atomic mass is 9.78. The number of esters is 1. The van der Waals surface area contributed by atoms with Crippen molar-refractivity contribution in [3.8, 4) is 5.75 Å². The monoisotopic (exact) mass is 361 g/mol. The van der Waals surface area contributed by atoms with Crippen molar-refractivity contribution in [1.29, 1.82) is 0 Å². The Balaban J connectivity index is 2.48. The first-order valence-electron chi connectivity index (χ1n) is 8.99. The number of ether oxygens (including phenoxy) is 1. The molecule has 0 spiro atoms. The van der Waals surface area contributed by atoms with E-state index in [1.165, 1.54) is 6.92 Å². The molecule has 144 valence electrons. The summed E-state index contributed by atoms with van der Waals surface area (Å²) in [7, 11) is 0. The Morgan fingerprint density at radius 1 is 1.15 bits per heavy atom. The Morgan fingerprint density at radius 3 is 2.08 bits per heavy atom. The number of hydroxylamine groups is 1. The zero-order valence-corrected chi connectivity index (χ0v) is 17.1. The van der Waals surface area contributed by atoms with Gasteiger partial charge in [0.2, 0.25) is 0 Å². The topological polar surface area (TPSA) is 67.8 Å². The van der Waals surface area contributed by atoms with Crippen LogP contribution in [-0.4, -0.2) is 23.3 Å². The molecule has 2 atom stereocenters. The predicted octanol–water partition coefficient (Wildman–Crippen LogP) is 4.18. The fourth-order valence-corrected chi connectivity index (χ4v) is 3.01. The summed E-state index contributed by atoms with van der Waals surface area (Å²) in [4.78, 5) is 16.7. The van der Waals surface area contributed by atoms with Gasteiger partial charge in [0.05, 0.1) is 5.70 Å². The van der Waals surface area contributed by atoms with Crippen molar-refractivity contribution >= 4 is 11.7 Å². The van der Waals surface area contributed by atoms with Crippen LogP contribution in [0, 0.1) is 0 Å². The van der Waals surface area contributed by atoms with E-state index in [-0.39, 0.29) is 22.9 Å². The summed E-state index contributed by atoms with van der Waals surface area (Å²) in [5.74, 6) is 0.00992. The second-order valence-corrected chi connectivity index (χ2v) is 9.00. The van der Waals surface area contributed by atoms with Gasteiger partial charge in [0, 0.05) is 23.6 Å². The van der Waals surface area contributed by atoms with Crippen molar-refractivity contribution in [2.24, 2.45) is 0 Å². The average molecular weight is 361 g/mol. The van der Waals surface area contributed by atoms with Crippen LogP contribution in [0.1, 0.15) is 72.1 Å². The Morgan fingerprint density at radius 2 is 1.65 bits per heavy atom. The number of hydrogen-bond donors (Lipinski definition) is 2. The summed E-state index contributed by atoms with van der Waals surface area (Å²) in [5, 5.41) is 10.8. The summed E-state index contributed by atoms with van der Waals surface area (Å²) >= 11 is 0. The number of carbonyl (C=O) groups is 1. The first-order chi connectivity index (χ1) is 11.8. The molecule has 0 radical (unpaired) electrons. The third-order valence-corrected chi connectivity index (χ3v) is 4.49. The van der Waals surface area contributed by atoms with Gasteiger partial charge in [-0.1, -0.05) is 41.5 Å². The minimum atomic E-state index is -0.390. The molecule has 1 aliphatic heterocycles. The lowest BCUT2D eigenvalue weighted by molar-refractivity contribution is -0.152. The van der Waals surface area contributed by atoms with E-state index in [1.807, 2.05) is 18.2 Å². The molecular formula is C21H31NO4. The quantitative estimate of drug-likeness (QED) is 0.791. The van der Waals surface area contributed by atoms with Crippen LogP contribution < -0.4 is 5.48 Å². The molecule has 5 heteroatoms. The molecule has 0 fully saturated rings. The van der Waals surface area contributed by atoms with Crippen molar-refractivity contribution < 1.29 is 19.5 Å². The molecule has 0 amide bonds. The highest BCUT2D eigenvalue weighted by Crippen LogP contribution is 2.41. The molecule has 1 heterocycles. The predicted molar refractivity (Wildman–Crippen MR) is 103 cm³/mol. The van der Waals surface area contributed by atoms with Gasteiger partial charge in [-0.05, 0) is 36.0 Å². The van der Waals surface area contributed by atoms with E-state index in [0.717, 1.165) is 22.4 Å². The summed E-state index contributed by atoms with van der Waals surface area (Å²) in [6.45, 7) is 15.7. The smallest absolute Gasteiger partial charge is 0.302 e. The average Bonchev–Trinajstić information content (AvgIpc) is 2.94. The lowest BCUT2D eigenvalue weighted by Gasteiger charge is -2.28. The van der Waals surface area contributed by atoms with Crippen molar-refractivity contribution in [2.45, 2.75) is 78.4 Å². The third kappa shape index (κ3) is 4.39. The number of phenols is 1. The molecule has 5 nitrogen and oxygen atoms in total. The maximum Gasteiger partial charge on any atom is 0.302 e. The number of benzene rings is 1. The van der Waals surface area contributed by atoms with E-state index in [2.05, 4.69) is 47.0 Å². The van der Waals surface area contributed by atoms with Gasteiger partial charge in [-0.3, -0.25) is 15.1 Å². The maximum absolute atomic E-state index is 11.2. The normalized spacial score (nSPS) is 18.9. The number of aromatic hydroxyl groups is 1. The van der Waals surface area contributed by atoms with E-state index in [4.69, 9.17) is 9.57 Å². The van der Waals surface area contributed by atoms with E-state index >= 15 is 0 Å². The van der Waals surface area contributed by atoms with Crippen LogP contribution in [0.25, 0.3) is 5.70 Å². The summed E-state index contributed by atoms with van der Waals surface area (Å²) in [5.41, 5.74) is 6.06. The molecule has 26 heavy (non-hydrogen) atoms.